The van der Waals surface area contributed by atoms with Gasteiger partial charge in [-0.05, 0) is 62.4 Å². The Morgan fingerprint density at radius 1 is 0.658 bits per heavy atom. The highest BCUT2D eigenvalue weighted by atomic mass is 32.2. The van der Waals surface area contributed by atoms with E-state index < -0.39 is 5.97 Å². The van der Waals surface area contributed by atoms with Crippen molar-refractivity contribution in [1.29, 1.82) is 0 Å². The monoisotopic (exact) mass is 546 g/mol. The Hall–Kier alpha value is -3.55. The van der Waals surface area contributed by atoms with Crippen molar-refractivity contribution in [2.24, 2.45) is 0 Å². The van der Waals surface area contributed by atoms with E-state index in [1.165, 1.54) is 18.7 Å². The van der Waals surface area contributed by atoms with Gasteiger partial charge in [-0.25, -0.2) is 0 Å². The van der Waals surface area contributed by atoms with Crippen LogP contribution in [0.1, 0.15) is 20.8 Å². The van der Waals surface area contributed by atoms with Crippen molar-refractivity contribution >= 4 is 29.5 Å². The lowest BCUT2D eigenvalue weighted by Crippen LogP contribution is -2.08. The molecule has 0 aliphatic heterocycles. The van der Waals surface area contributed by atoms with Crippen molar-refractivity contribution in [3.63, 3.8) is 0 Å². The Kier molecular flexibility index (Phi) is 9.26. The van der Waals surface area contributed by atoms with Gasteiger partial charge in [0, 0.05) is 27.8 Å². The van der Waals surface area contributed by atoms with Crippen LogP contribution in [0.25, 0.3) is 11.1 Å². The molecule has 0 aliphatic rings. The predicted molar refractivity (Wildman–Crippen MR) is 153 cm³/mol. The summed E-state index contributed by atoms with van der Waals surface area (Å²) in [4.78, 5) is 16.0. The van der Waals surface area contributed by atoms with Crippen molar-refractivity contribution in [3.05, 3.63) is 84.9 Å². The molecule has 196 valence electrons. The van der Waals surface area contributed by atoms with Crippen LogP contribution in [0.5, 0.6) is 23.0 Å². The fraction of sp³-hybridized carbons (Fsp3) is 0.194. The SMILES string of the molecule is COc1cc(-c2cc(OC)c(Sc3ccccc3)cc2OC(C)C)c(OC(C)=O)cc1Sc1ccccc1. The van der Waals surface area contributed by atoms with Gasteiger partial charge in [0.25, 0.3) is 0 Å². The maximum absolute atomic E-state index is 12.1. The highest BCUT2D eigenvalue weighted by Gasteiger charge is 2.22. The topological polar surface area (TPSA) is 54.0 Å². The van der Waals surface area contributed by atoms with Gasteiger partial charge in [-0.15, -0.1) is 0 Å². The molecular weight excluding hydrogens is 516 g/mol. The smallest absolute Gasteiger partial charge is 0.308 e. The normalized spacial score (nSPS) is 10.8. The maximum Gasteiger partial charge on any atom is 0.308 e. The van der Waals surface area contributed by atoms with E-state index >= 15 is 0 Å². The average Bonchev–Trinajstić information content (AvgIpc) is 2.90. The van der Waals surface area contributed by atoms with Crippen LogP contribution in [0, 0.1) is 0 Å². The number of carbonyl (C=O) groups excluding carboxylic acids is 1. The lowest BCUT2D eigenvalue weighted by Gasteiger charge is -2.21. The molecular formula is C31H30O5S2. The summed E-state index contributed by atoms with van der Waals surface area (Å²) < 4.78 is 23.6. The first-order chi connectivity index (χ1) is 18.4. The molecule has 0 amide bonds. The van der Waals surface area contributed by atoms with E-state index in [0.717, 1.165) is 25.1 Å². The van der Waals surface area contributed by atoms with E-state index in [1.54, 1.807) is 26.0 Å². The van der Waals surface area contributed by atoms with Crippen molar-refractivity contribution in [2.45, 2.75) is 46.5 Å². The number of ether oxygens (including phenoxy) is 4. The zero-order chi connectivity index (χ0) is 27.1. The summed E-state index contributed by atoms with van der Waals surface area (Å²) in [6.07, 6.45) is -0.0799. The molecule has 0 heterocycles. The van der Waals surface area contributed by atoms with Crippen LogP contribution >= 0.6 is 23.5 Å². The van der Waals surface area contributed by atoms with Crippen molar-refractivity contribution in [1.82, 2.24) is 0 Å². The average molecular weight is 547 g/mol. The van der Waals surface area contributed by atoms with Crippen LogP contribution < -0.4 is 18.9 Å². The summed E-state index contributed by atoms with van der Waals surface area (Å²) in [6.45, 7) is 5.35. The predicted octanol–water partition coefficient (Wildman–Crippen LogP) is 8.39. The zero-order valence-electron chi connectivity index (χ0n) is 22.0. The molecule has 0 N–H and O–H groups in total. The minimum absolute atomic E-state index is 0.0799. The van der Waals surface area contributed by atoms with Gasteiger partial charge in [0.05, 0.1) is 30.1 Å². The first-order valence-electron chi connectivity index (χ1n) is 12.1. The Labute approximate surface area is 232 Å². The number of esters is 1. The molecule has 5 nitrogen and oxygen atoms in total. The molecule has 0 saturated carbocycles. The number of methoxy groups -OCH3 is 2. The molecule has 0 fully saturated rings. The number of rotatable bonds is 10. The van der Waals surface area contributed by atoms with E-state index in [9.17, 15) is 4.79 Å². The molecule has 0 aromatic heterocycles. The fourth-order valence-corrected chi connectivity index (χ4v) is 5.72. The summed E-state index contributed by atoms with van der Waals surface area (Å²) in [5, 5.41) is 0. The van der Waals surface area contributed by atoms with Gasteiger partial charge in [0.2, 0.25) is 0 Å². The number of hydrogen-bond acceptors (Lipinski definition) is 7. The molecule has 4 aromatic carbocycles. The molecule has 0 radical (unpaired) electrons. The first-order valence-corrected chi connectivity index (χ1v) is 13.8. The minimum Gasteiger partial charge on any atom is -0.496 e. The van der Waals surface area contributed by atoms with E-state index in [1.807, 2.05) is 98.8 Å². The first kappa shape index (κ1) is 27.5. The van der Waals surface area contributed by atoms with Gasteiger partial charge >= 0.3 is 5.97 Å². The van der Waals surface area contributed by atoms with Crippen LogP contribution in [0.2, 0.25) is 0 Å². The number of carbonyl (C=O) groups is 1. The maximum atomic E-state index is 12.1. The molecule has 0 saturated heterocycles. The lowest BCUT2D eigenvalue weighted by atomic mass is 10.0. The zero-order valence-corrected chi connectivity index (χ0v) is 23.7. The molecule has 0 spiro atoms. The number of hydrogen-bond donors (Lipinski definition) is 0. The van der Waals surface area contributed by atoms with E-state index in [-0.39, 0.29) is 6.10 Å². The van der Waals surface area contributed by atoms with Crippen LogP contribution in [-0.2, 0) is 4.79 Å². The van der Waals surface area contributed by atoms with Crippen LogP contribution in [0.15, 0.2) is 105 Å². The second kappa shape index (κ2) is 12.8. The number of benzene rings is 4. The van der Waals surface area contributed by atoms with Crippen molar-refractivity contribution < 1.29 is 23.7 Å². The Morgan fingerprint density at radius 3 is 1.53 bits per heavy atom. The summed E-state index contributed by atoms with van der Waals surface area (Å²) in [5.74, 6) is 1.98. The standard InChI is InChI=1S/C31H30O5S2/c1-20(2)35-26-18-30(37-22-12-8-6-9-13-22)28(33-4)16-24(26)25-17-29(34-5)31(19-27(25)36-21(3)32)38-23-14-10-7-11-15-23/h6-20H,1-5H3. The Morgan fingerprint density at radius 2 is 1.11 bits per heavy atom. The third-order valence-corrected chi connectivity index (χ3v) is 7.47. The van der Waals surface area contributed by atoms with Crippen LogP contribution in [-0.4, -0.2) is 26.3 Å². The Bertz CT molecular complexity index is 1390. The second-order valence-corrected chi connectivity index (χ2v) is 10.8. The Balaban J connectivity index is 1.88. The largest absolute Gasteiger partial charge is 0.496 e. The fourth-order valence-electron chi connectivity index (χ4n) is 3.80. The summed E-state index contributed by atoms with van der Waals surface area (Å²) in [6, 6.07) is 27.7. The van der Waals surface area contributed by atoms with Crippen molar-refractivity contribution in [3.8, 4) is 34.1 Å². The van der Waals surface area contributed by atoms with Gasteiger partial charge in [-0.2, -0.15) is 0 Å². The molecule has 4 aromatic rings. The van der Waals surface area contributed by atoms with E-state index in [2.05, 4.69) is 0 Å². The third-order valence-electron chi connectivity index (χ3n) is 5.38. The lowest BCUT2D eigenvalue weighted by molar-refractivity contribution is -0.131. The second-order valence-electron chi connectivity index (χ2n) is 8.59. The molecule has 7 heteroatoms. The van der Waals surface area contributed by atoms with Gasteiger partial charge in [-0.3, -0.25) is 4.79 Å². The summed E-state index contributed by atoms with van der Waals surface area (Å²) in [7, 11) is 3.27. The molecule has 0 aliphatic carbocycles. The van der Waals surface area contributed by atoms with Gasteiger partial charge in [0.1, 0.15) is 23.0 Å². The van der Waals surface area contributed by atoms with E-state index in [0.29, 0.717) is 28.6 Å². The molecule has 0 bridgehead atoms. The van der Waals surface area contributed by atoms with Gasteiger partial charge < -0.3 is 18.9 Å². The van der Waals surface area contributed by atoms with Gasteiger partial charge in [-0.1, -0.05) is 59.9 Å². The quantitative estimate of drug-likeness (QED) is 0.146. The molecule has 38 heavy (non-hydrogen) atoms. The highest BCUT2D eigenvalue weighted by molar-refractivity contribution is 7.99. The highest BCUT2D eigenvalue weighted by Crippen LogP contribution is 2.48. The molecule has 0 atom stereocenters. The van der Waals surface area contributed by atoms with Crippen LogP contribution in [0.3, 0.4) is 0 Å². The van der Waals surface area contributed by atoms with Crippen molar-refractivity contribution in [2.75, 3.05) is 14.2 Å². The van der Waals surface area contributed by atoms with Gasteiger partial charge in [0.15, 0.2) is 0 Å². The summed E-state index contributed by atoms with van der Waals surface area (Å²) >= 11 is 3.13. The van der Waals surface area contributed by atoms with E-state index in [4.69, 9.17) is 18.9 Å². The van der Waals surface area contributed by atoms with Crippen LogP contribution in [0.4, 0.5) is 0 Å². The summed E-state index contributed by atoms with van der Waals surface area (Å²) in [5.41, 5.74) is 1.40. The molecule has 0 unspecified atom stereocenters. The minimum atomic E-state index is -0.415. The third kappa shape index (κ3) is 6.85. The molecule has 4 rings (SSSR count).